The summed E-state index contributed by atoms with van der Waals surface area (Å²) >= 11 is 6.06. The molecule has 0 aliphatic heterocycles. The maximum absolute atomic E-state index is 11.8. The highest BCUT2D eigenvalue weighted by Crippen LogP contribution is 2.14. The minimum atomic E-state index is 0.195. The lowest BCUT2D eigenvalue weighted by Crippen LogP contribution is -2.30. The minimum absolute atomic E-state index is 0.195. The third kappa shape index (κ3) is 6.08. The normalized spacial score (nSPS) is 10.5. The third-order valence-corrected chi connectivity index (χ3v) is 3.43. The van der Waals surface area contributed by atoms with Crippen molar-refractivity contribution < 1.29 is 4.79 Å². The standard InChI is InChI=1S/C15H23ClN2O/c1-3-4-11-18(2)15(19)9-10-17-12-13-7-5-6-8-14(13)16/h5-8,17H,3-4,9-12H2,1-2H3. The van der Waals surface area contributed by atoms with Crippen molar-refractivity contribution in [1.29, 1.82) is 0 Å². The van der Waals surface area contributed by atoms with Crippen LogP contribution in [0.5, 0.6) is 0 Å². The number of halogens is 1. The molecule has 0 aromatic heterocycles. The Morgan fingerprint density at radius 3 is 2.79 bits per heavy atom. The third-order valence-electron chi connectivity index (χ3n) is 3.06. The van der Waals surface area contributed by atoms with Gasteiger partial charge in [0.05, 0.1) is 0 Å². The largest absolute Gasteiger partial charge is 0.346 e. The van der Waals surface area contributed by atoms with E-state index in [-0.39, 0.29) is 5.91 Å². The first-order valence-corrected chi connectivity index (χ1v) is 7.21. The average molecular weight is 283 g/mol. The van der Waals surface area contributed by atoms with Gasteiger partial charge in [0, 0.05) is 38.1 Å². The van der Waals surface area contributed by atoms with E-state index in [9.17, 15) is 4.79 Å². The molecule has 0 spiro atoms. The SMILES string of the molecule is CCCCN(C)C(=O)CCNCc1ccccc1Cl. The molecule has 1 rings (SSSR count). The quantitative estimate of drug-likeness (QED) is 0.743. The molecule has 106 valence electrons. The number of hydrogen-bond acceptors (Lipinski definition) is 2. The van der Waals surface area contributed by atoms with Gasteiger partial charge < -0.3 is 10.2 Å². The summed E-state index contributed by atoms with van der Waals surface area (Å²) in [5, 5.41) is 4.02. The second kappa shape index (κ2) is 8.94. The number of rotatable bonds is 8. The molecule has 0 aliphatic rings. The van der Waals surface area contributed by atoms with E-state index in [1.54, 1.807) is 4.90 Å². The molecule has 4 heteroatoms. The predicted molar refractivity (Wildman–Crippen MR) is 80.3 cm³/mol. The summed E-state index contributed by atoms with van der Waals surface area (Å²) in [7, 11) is 1.87. The Labute approximate surface area is 120 Å². The zero-order valence-corrected chi connectivity index (χ0v) is 12.5. The number of hydrogen-bond donors (Lipinski definition) is 1. The molecule has 3 nitrogen and oxygen atoms in total. The summed E-state index contributed by atoms with van der Waals surface area (Å²) in [4.78, 5) is 13.6. The van der Waals surface area contributed by atoms with E-state index in [1.807, 2.05) is 31.3 Å². The molecule has 0 atom stereocenters. The fourth-order valence-corrected chi connectivity index (χ4v) is 1.97. The Hall–Kier alpha value is -1.06. The number of unbranched alkanes of at least 4 members (excludes halogenated alkanes) is 1. The van der Waals surface area contributed by atoms with Crippen molar-refractivity contribution in [2.75, 3.05) is 20.1 Å². The molecule has 0 saturated heterocycles. The van der Waals surface area contributed by atoms with Crippen molar-refractivity contribution in [3.63, 3.8) is 0 Å². The van der Waals surface area contributed by atoms with Gasteiger partial charge in [0.2, 0.25) is 5.91 Å². The molecule has 0 fully saturated rings. The molecule has 0 heterocycles. The van der Waals surface area contributed by atoms with E-state index < -0.39 is 0 Å². The molecular formula is C15H23ClN2O. The highest BCUT2D eigenvalue weighted by molar-refractivity contribution is 6.31. The van der Waals surface area contributed by atoms with Gasteiger partial charge >= 0.3 is 0 Å². The van der Waals surface area contributed by atoms with Gasteiger partial charge in [-0.1, -0.05) is 43.1 Å². The number of nitrogens with zero attached hydrogens (tertiary/aromatic N) is 1. The molecule has 1 aromatic carbocycles. The van der Waals surface area contributed by atoms with Gasteiger partial charge in [-0.15, -0.1) is 0 Å². The smallest absolute Gasteiger partial charge is 0.223 e. The van der Waals surface area contributed by atoms with Crippen LogP contribution in [0.4, 0.5) is 0 Å². The molecule has 1 amide bonds. The lowest BCUT2D eigenvalue weighted by atomic mass is 10.2. The summed E-state index contributed by atoms with van der Waals surface area (Å²) in [6.45, 7) is 4.36. The van der Waals surface area contributed by atoms with Gasteiger partial charge in [0.15, 0.2) is 0 Å². The number of carbonyl (C=O) groups excluding carboxylic acids is 1. The average Bonchev–Trinajstić information content (AvgIpc) is 2.42. The number of carbonyl (C=O) groups is 1. The molecule has 1 N–H and O–H groups in total. The summed E-state index contributed by atoms with van der Waals surface area (Å²) in [5.74, 6) is 0.195. The van der Waals surface area contributed by atoms with Crippen molar-refractivity contribution in [2.45, 2.75) is 32.7 Å². The zero-order valence-electron chi connectivity index (χ0n) is 11.8. The lowest BCUT2D eigenvalue weighted by molar-refractivity contribution is -0.129. The fourth-order valence-electron chi connectivity index (χ4n) is 1.77. The molecule has 1 aromatic rings. The zero-order chi connectivity index (χ0) is 14.1. The maximum atomic E-state index is 11.8. The van der Waals surface area contributed by atoms with E-state index in [2.05, 4.69) is 12.2 Å². The van der Waals surface area contributed by atoms with Crippen LogP contribution in [0.25, 0.3) is 0 Å². The molecular weight excluding hydrogens is 260 g/mol. The van der Waals surface area contributed by atoms with Crippen LogP contribution in [0.15, 0.2) is 24.3 Å². The van der Waals surface area contributed by atoms with Crippen LogP contribution in [0.1, 0.15) is 31.7 Å². The van der Waals surface area contributed by atoms with Crippen molar-refractivity contribution in [1.82, 2.24) is 10.2 Å². The van der Waals surface area contributed by atoms with Crippen LogP contribution in [0, 0.1) is 0 Å². The monoisotopic (exact) mass is 282 g/mol. The second-order valence-electron chi connectivity index (χ2n) is 4.69. The van der Waals surface area contributed by atoms with E-state index in [0.717, 1.165) is 30.0 Å². The van der Waals surface area contributed by atoms with E-state index in [0.29, 0.717) is 19.5 Å². The molecule has 0 unspecified atom stereocenters. The molecule has 0 aliphatic carbocycles. The highest BCUT2D eigenvalue weighted by Gasteiger charge is 2.07. The maximum Gasteiger partial charge on any atom is 0.223 e. The van der Waals surface area contributed by atoms with Crippen LogP contribution in [0.3, 0.4) is 0 Å². The Morgan fingerprint density at radius 2 is 2.11 bits per heavy atom. The topological polar surface area (TPSA) is 32.3 Å². The van der Waals surface area contributed by atoms with E-state index >= 15 is 0 Å². The second-order valence-corrected chi connectivity index (χ2v) is 5.09. The van der Waals surface area contributed by atoms with Gasteiger partial charge in [0.1, 0.15) is 0 Å². The molecule has 0 radical (unpaired) electrons. The van der Waals surface area contributed by atoms with Crippen molar-refractivity contribution in [3.05, 3.63) is 34.9 Å². The predicted octanol–water partition coefficient (Wildman–Crippen LogP) is 3.08. The van der Waals surface area contributed by atoms with Gasteiger partial charge in [-0.25, -0.2) is 0 Å². The van der Waals surface area contributed by atoms with Crippen LogP contribution < -0.4 is 5.32 Å². The number of benzene rings is 1. The summed E-state index contributed by atoms with van der Waals surface area (Å²) in [5.41, 5.74) is 1.07. The van der Waals surface area contributed by atoms with Crippen molar-refractivity contribution in [2.24, 2.45) is 0 Å². The van der Waals surface area contributed by atoms with Gasteiger partial charge in [-0.2, -0.15) is 0 Å². The Kier molecular flexibility index (Phi) is 7.53. The van der Waals surface area contributed by atoms with Gasteiger partial charge in [0.25, 0.3) is 0 Å². The first kappa shape index (κ1) is 16.0. The fraction of sp³-hybridized carbons (Fsp3) is 0.533. The van der Waals surface area contributed by atoms with Gasteiger partial charge in [-0.3, -0.25) is 4.79 Å². The summed E-state index contributed by atoms with van der Waals surface area (Å²) in [6, 6.07) is 7.75. The van der Waals surface area contributed by atoms with Crippen LogP contribution >= 0.6 is 11.6 Å². The Bertz CT molecular complexity index is 395. The first-order chi connectivity index (χ1) is 9.15. The van der Waals surface area contributed by atoms with E-state index in [4.69, 9.17) is 11.6 Å². The summed E-state index contributed by atoms with van der Waals surface area (Å²) < 4.78 is 0. The Balaban J connectivity index is 2.20. The van der Waals surface area contributed by atoms with E-state index in [1.165, 1.54) is 0 Å². The molecule has 0 saturated carbocycles. The minimum Gasteiger partial charge on any atom is -0.346 e. The summed E-state index contributed by atoms with van der Waals surface area (Å²) in [6.07, 6.45) is 2.71. The van der Waals surface area contributed by atoms with Crippen LogP contribution in [-0.2, 0) is 11.3 Å². The number of nitrogens with one attached hydrogen (secondary N) is 1. The van der Waals surface area contributed by atoms with Crippen LogP contribution in [0.2, 0.25) is 5.02 Å². The van der Waals surface area contributed by atoms with Crippen molar-refractivity contribution in [3.8, 4) is 0 Å². The van der Waals surface area contributed by atoms with Crippen LogP contribution in [-0.4, -0.2) is 30.9 Å². The van der Waals surface area contributed by atoms with Crippen molar-refractivity contribution >= 4 is 17.5 Å². The molecule has 19 heavy (non-hydrogen) atoms. The Morgan fingerprint density at radius 1 is 1.37 bits per heavy atom. The van der Waals surface area contributed by atoms with Gasteiger partial charge in [-0.05, 0) is 18.1 Å². The molecule has 0 bridgehead atoms. The number of amides is 1. The first-order valence-electron chi connectivity index (χ1n) is 6.83. The highest BCUT2D eigenvalue weighted by atomic mass is 35.5. The lowest BCUT2D eigenvalue weighted by Gasteiger charge is -2.16.